The minimum atomic E-state index is -0.151. The maximum atomic E-state index is 12.6. The Morgan fingerprint density at radius 2 is 1.79 bits per heavy atom. The van der Waals surface area contributed by atoms with Gasteiger partial charge in [0.2, 0.25) is 4.96 Å². The van der Waals surface area contributed by atoms with E-state index in [1.165, 1.54) is 15.9 Å². The number of hydrogen-bond donors (Lipinski definition) is 0. The summed E-state index contributed by atoms with van der Waals surface area (Å²) < 4.78 is 3.91. The lowest BCUT2D eigenvalue weighted by atomic mass is 10.2. The first-order valence-corrected chi connectivity index (χ1v) is 9.44. The van der Waals surface area contributed by atoms with Crippen LogP contribution in [0.5, 0.6) is 0 Å². The van der Waals surface area contributed by atoms with Gasteiger partial charge in [-0.05, 0) is 29.8 Å². The number of nitrogens with zero attached hydrogens (tertiary/aromatic N) is 3. The van der Waals surface area contributed by atoms with Crippen LogP contribution in [0.3, 0.4) is 0 Å². The number of fused-ring (bicyclic) bond motifs is 1. The number of aromatic nitrogens is 3. The van der Waals surface area contributed by atoms with Crippen LogP contribution < -0.4 is 10.1 Å². The molecule has 2 heterocycles. The van der Waals surface area contributed by atoms with Gasteiger partial charge >= 0.3 is 0 Å². The van der Waals surface area contributed by atoms with E-state index in [1.54, 1.807) is 0 Å². The molecule has 0 spiro atoms. The topological polar surface area (TPSA) is 47.3 Å². The molecule has 0 atom stereocenters. The van der Waals surface area contributed by atoms with Crippen LogP contribution in [0.15, 0.2) is 62.3 Å². The van der Waals surface area contributed by atoms with E-state index in [0.717, 1.165) is 20.1 Å². The molecule has 0 N–H and O–H groups in total. The second kappa shape index (κ2) is 6.23. The van der Waals surface area contributed by atoms with Crippen molar-refractivity contribution in [1.29, 1.82) is 0 Å². The van der Waals surface area contributed by atoms with Gasteiger partial charge in [-0.3, -0.25) is 4.79 Å². The summed E-state index contributed by atoms with van der Waals surface area (Å²) in [6, 6.07) is 15.5. The van der Waals surface area contributed by atoms with E-state index >= 15 is 0 Å². The van der Waals surface area contributed by atoms with Crippen LogP contribution in [0, 0.1) is 0 Å². The van der Waals surface area contributed by atoms with Crippen LogP contribution in [0.2, 0.25) is 0 Å². The molecule has 0 saturated carbocycles. The zero-order valence-electron chi connectivity index (χ0n) is 12.1. The lowest BCUT2D eigenvalue weighted by Gasteiger charge is -1.95. The molecule has 0 amide bonds. The van der Waals surface area contributed by atoms with Gasteiger partial charge in [-0.15, -0.1) is 5.10 Å². The predicted octanol–water partition coefficient (Wildman–Crippen LogP) is 3.89. The minimum Gasteiger partial charge on any atom is -0.266 e. The fraction of sp³-hybridized carbons (Fsp3) is 0. The second-order valence-corrected chi connectivity index (χ2v) is 7.85. The maximum Gasteiger partial charge on any atom is 0.291 e. The largest absolute Gasteiger partial charge is 0.291 e. The van der Waals surface area contributed by atoms with Crippen molar-refractivity contribution in [3.05, 3.63) is 77.9 Å². The van der Waals surface area contributed by atoms with Crippen molar-refractivity contribution in [2.75, 3.05) is 0 Å². The summed E-state index contributed by atoms with van der Waals surface area (Å²) in [5.74, 6) is 0.554. The van der Waals surface area contributed by atoms with E-state index < -0.39 is 0 Å². The Morgan fingerprint density at radius 1 is 1.04 bits per heavy atom. The molecule has 118 valence electrons. The molecule has 0 fully saturated rings. The average molecular weight is 463 g/mol. The molecule has 0 saturated heterocycles. The van der Waals surface area contributed by atoms with Gasteiger partial charge in [0.05, 0.1) is 4.53 Å². The Labute approximate surface area is 157 Å². The third-order valence-corrected chi connectivity index (χ3v) is 5.69. The molecular weight excluding hydrogens is 454 g/mol. The third-order valence-electron chi connectivity index (χ3n) is 3.48. The van der Waals surface area contributed by atoms with Gasteiger partial charge in [-0.2, -0.15) is 9.50 Å². The van der Waals surface area contributed by atoms with Crippen molar-refractivity contribution >= 4 is 54.2 Å². The van der Waals surface area contributed by atoms with Crippen LogP contribution in [-0.2, 0) is 0 Å². The Bertz CT molecular complexity index is 1150. The molecular formula is C17H9Br2N3OS. The van der Waals surface area contributed by atoms with Crippen molar-refractivity contribution < 1.29 is 0 Å². The predicted molar refractivity (Wildman–Crippen MR) is 103 cm³/mol. The molecule has 0 aliphatic heterocycles. The van der Waals surface area contributed by atoms with Gasteiger partial charge in [0, 0.05) is 14.5 Å². The lowest BCUT2D eigenvalue weighted by Crippen LogP contribution is -2.23. The number of thiazole rings is 1. The Kier molecular flexibility index (Phi) is 4.07. The summed E-state index contributed by atoms with van der Waals surface area (Å²) in [7, 11) is 0. The minimum absolute atomic E-state index is 0.151. The number of benzene rings is 2. The highest BCUT2D eigenvalue weighted by atomic mass is 79.9. The molecule has 4 rings (SSSR count). The Balaban J connectivity index is 1.83. The van der Waals surface area contributed by atoms with E-state index in [2.05, 4.69) is 41.9 Å². The van der Waals surface area contributed by atoms with Gasteiger partial charge in [-0.1, -0.05) is 73.5 Å². The van der Waals surface area contributed by atoms with Crippen LogP contribution in [0.25, 0.3) is 22.4 Å². The van der Waals surface area contributed by atoms with E-state index in [4.69, 9.17) is 0 Å². The fourth-order valence-electron chi connectivity index (χ4n) is 2.29. The van der Waals surface area contributed by atoms with Gasteiger partial charge in [0.15, 0.2) is 5.82 Å². The van der Waals surface area contributed by atoms with Crippen LogP contribution in [-0.4, -0.2) is 14.6 Å². The van der Waals surface area contributed by atoms with E-state index in [9.17, 15) is 4.79 Å². The van der Waals surface area contributed by atoms with E-state index in [1.807, 2.05) is 54.6 Å². The molecule has 0 unspecified atom stereocenters. The summed E-state index contributed by atoms with van der Waals surface area (Å²) in [6.07, 6.45) is 1.85. The normalized spacial score (nSPS) is 12.2. The molecule has 4 aromatic rings. The average Bonchev–Trinajstić information content (AvgIpc) is 3.11. The first-order valence-electron chi connectivity index (χ1n) is 7.03. The van der Waals surface area contributed by atoms with Crippen LogP contribution in [0.4, 0.5) is 0 Å². The molecule has 7 heteroatoms. The maximum absolute atomic E-state index is 12.6. The molecule has 0 aliphatic carbocycles. The Hall–Kier alpha value is -1.83. The molecule has 0 radical (unpaired) electrons. The Morgan fingerprint density at radius 3 is 2.50 bits per heavy atom. The van der Waals surface area contributed by atoms with Gasteiger partial charge in [0.1, 0.15) is 0 Å². The monoisotopic (exact) mass is 461 g/mol. The van der Waals surface area contributed by atoms with Gasteiger partial charge in [-0.25, -0.2) is 0 Å². The second-order valence-electron chi connectivity index (χ2n) is 5.07. The number of rotatable bonds is 2. The SMILES string of the molecule is O=c1/c(=C/c2ccccc2Br)sc2nc(-c3ccc(Br)cc3)nn12. The van der Waals surface area contributed by atoms with Crippen molar-refractivity contribution in [3.8, 4) is 11.4 Å². The summed E-state index contributed by atoms with van der Waals surface area (Å²) in [4.78, 5) is 17.6. The van der Waals surface area contributed by atoms with Gasteiger partial charge < -0.3 is 0 Å². The first-order chi connectivity index (χ1) is 11.6. The zero-order chi connectivity index (χ0) is 16.7. The van der Waals surface area contributed by atoms with Crippen molar-refractivity contribution in [3.63, 3.8) is 0 Å². The molecule has 4 nitrogen and oxygen atoms in total. The molecule has 0 bridgehead atoms. The molecule has 24 heavy (non-hydrogen) atoms. The summed E-state index contributed by atoms with van der Waals surface area (Å²) in [5, 5.41) is 4.35. The number of halogens is 2. The highest BCUT2D eigenvalue weighted by Crippen LogP contribution is 2.20. The quantitative estimate of drug-likeness (QED) is 0.454. The summed E-state index contributed by atoms with van der Waals surface area (Å²) in [5.41, 5.74) is 1.68. The highest BCUT2D eigenvalue weighted by molar-refractivity contribution is 9.10. The van der Waals surface area contributed by atoms with Crippen molar-refractivity contribution in [2.24, 2.45) is 0 Å². The standard InChI is InChI=1S/C17H9Br2N3OS/c18-12-7-5-10(6-8-12)15-20-17-22(21-15)16(23)14(24-17)9-11-3-1-2-4-13(11)19/h1-9H/b14-9-. The molecule has 0 aliphatic rings. The van der Waals surface area contributed by atoms with Crippen LogP contribution in [0.1, 0.15) is 5.56 Å². The summed E-state index contributed by atoms with van der Waals surface area (Å²) in [6.45, 7) is 0. The van der Waals surface area contributed by atoms with Crippen molar-refractivity contribution in [2.45, 2.75) is 0 Å². The van der Waals surface area contributed by atoms with E-state index in [0.29, 0.717) is 15.3 Å². The smallest absolute Gasteiger partial charge is 0.266 e. The third kappa shape index (κ3) is 2.83. The first kappa shape index (κ1) is 15.7. The lowest BCUT2D eigenvalue weighted by molar-refractivity contribution is 0.937. The van der Waals surface area contributed by atoms with Gasteiger partial charge in [0.25, 0.3) is 5.56 Å². The van der Waals surface area contributed by atoms with Crippen LogP contribution >= 0.6 is 43.2 Å². The summed E-state index contributed by atoms with van der Waals surface area (Å²) >= 11 is 8.23. The molecule has 2 aromatic heterocycles. The van der Waals surface area contributed by atoms with Crippen molar-refractivity contribution in [1.82, 2.24) is 14.6 Å². The fourth-order valence-corrected chi connectivity index (χ4v) is 3.85. The zero-order valence-corrected chi connectivity index (χ0v) is 16.1. The molecule has 2 aromatic carbocycles. The highest BCUT2D eigenvalue weighted by Gasteiger charge is 2.12. The van der Waals surface area contributed by atoms with E-state index in [-0.39, 0.29) is 5.56 Å². The number of hydrogen-bond acceptors (Lipinski definition) is 4.